The number of phenols is 2. The lowest BCUT2D eigenvalue weighted by Gasteiger charge is -2.49. The van der Waals surface area contributed by atoms with Gasteiger partial charge in [0.1, 0.15) is 46.3 Å². The van der Waals surface area contributed by atoms with Gasteiger partial charge >= 0.3 is 11.9 Å². The monoisotopic (exact) mass is 739 g/mol. The Morgan fingerprint density at radius 2 is 1.84 bits per heavy atom. The fourth-order valence-corrected chi connectivity index (χ4v) is 7.58. The number of aliphatic carboxylic acids is 2. The molecule has 0 saturated carbocycles. The third-order valence-electron chi connectivity index (χ3n) is 7.73. The largest absolute Gasteiger partial charge is 0.504 e. The minimum Gasteiger partial charge on any atom is -0.504 e. The molecule has 1 fully saturated rings. The van der Waals surface area contributed by atoms with E-state index in [-0.39, 0.29) is 39.5 Å². The Bertz CT molecular complexity index is 2190. The zero-order valence-electron chi connectivity index (χ0n) is 26.0. The van der Waals surface area contributed by atoms with E-state index in [1.165, 1.54) is 52.5 Å². The number of aromatic hydroxyl groups is 2. The number of aryl methyl sites for hydroxylation is 1. The molecule has 0 spiro atoms. The van der Waals surface area contributed by atoms with Crippen molar-refractivity contribution in [1.29, 1.82) is 0 Å². The quantitative estimate of drug-likeness (QED) is 0.0643. The first-order valence-electron chi connectivity index (χ1n) is 14.6. The number of tetrazole rings is 1. The summed E-state index contributed by atoms with van der Waals surface area (Å²) in [4.78, 5) is 78.1. The Morgan fingerprint density at radius 1 is 1.12 bits per heavy atom. The van der Waals surface area contributed by atoms with Crippen molar-refractivity contribution in [2.24, 2.45) is 7.05 Å². The maximum absolute atomic E-state index is 13.8. The van der Waals surface area contributed by atoms with Gasteiger partial charge in [-0.15, -0.1) is 16.9 Å². The number of carboxylic acids is 2. The van der Waals surface area contributed by atoms with E-state index in [2.05, 4.69) is 26.2 Å². The summed E-state index contributed by atoms with van der Waals surface area (Å²) >= 11 is 2.41. The van der Waals surface area contributed by atoms with Gasteiger partial charge in [0.05, 0.1) is 5.39 Å². The van der Waals surface area contributed by atoms with Gasteiger partial charge in [-0.3, -0.25) is 24.1 Å². The van der Waals surface area contributed by atoms with Gasteiger partial charge in [-0.05, 0) is 39.8 Å². The van der Waals surface area contributed by atoms with Crippen LogP contribution in [-0.4, -0.2) is 105 Å². The highest BCUT2D eigenvalue weighted by atomic mass is 32.2. The Balaban J connectivity index is 1.24. The molecule has 3 atom stereocenters. The van der Waals surface area contributed by atoms with E-state index >= 15 is 0 Å². The van der Waals surface area contributed by atoms with Crippen LogP contribution in [0, 0.1) is 0 Å². The molecule has 51 heavy (non-hydrogen) atoms. The van der Waals surface area contributed by atoms with E-state index in [0.29, 0.717) is 10.7 Å². The smallest absolute Gasteiger partial charge is 0.352 e. The summed E-state index contributed by atoms with van der Waals surface area (Å²) in [6, 6.07) is 4.58. The third kappa shape index (κ3) is 6.88. The zero-order chi connectivity index (χ0) is 36.6. The van der Waals surface area contributed by atoms with Gasteiger partial charge in [0.25, 0.3) is 11.8 Å². The summed E-state index contributed by atoms with van der Waals surface area (Å²) < 4.78 is 11.9. The number of nitrogens with one attached hydrogen (secondary N) is 2. The summed E-state index contributed by atoms with van der Waals surface area (Å²) in [5.74, 6) is -5.91. The molecule has 6 N–H and O–H groups in total. The number of nitrogens with zero attached hydrogens (tertiary/aromatic N) is 5. The van der Waals surface area contributed by atoms with E-state index < -0.39 is 76.2 Å². The first kappa shape index (κ1) is 34.8. The summed E-state index contributed by atoms with van der Waals surface area (Å²) in [7, 11) is 1.62. The Morgan fingerprint density at radius 3 is 2.51 bits per heavy atom. The Labute approximate surface area is 293 Å². The van der Waals surface area contributed by atoms with Crippen LogP contribution in [0.5, 0.6) is 17.2 Å². The van der Waals surface area contributed by atoms with Crippen LogP contribution in [0.25, 0.3) is 11.0 Å². The first-order valence-corrected chi connectivity index (χ1v) is 16.7. The lowest BCUT2D eigenvalue weighted by atomic mass is 10.0. The molecule has 6 rings (SSSR count). The van der Waals surface area contributed by atoms with Crippen LogP contribution in [0.4, 0.5) is 0 Å². The number of rotatable bonds is 12. The van der Waals surface area contributed by atoms with Gasteiger partial charge in [0, 0.05) is 24.6 Å². The molecule has 2 aromatic carbocycles. The number of amides is 3. The van der Waals surface area contributed by atoms with Gasteiger partial charge < -0.3 is 40.2 Å². The molecular formula is C30H25N7O12S2. The van der Waals surface area contributed by atoms with Crippen molar-refractivity contribution >= 4 is 64.2 Å². The number of ether oxygens (including phenoxy) is 1. The molecule has 1 saturated heterocycles. The molecule has 0 radical (unpaired) electrons. The number of carbonyl (C=O) groups excluding carboxylic acids is 3. The molecule has 2 aliphatic heterocycles. The molecule has 264 valence electrons. The number of phenolic OH excluding ortho intramolecular Hbond substituents is 2. The number of aromatic nitrogens is 4. The highest BCUT2D eigenvalue weighted by Gasteiger charge is 2.54. The normalized spacial score (nSPS) is 17.4. The predicted octanol–water partition coefficient (Wildman–Crippen LogP) is 0.193. The summed E-state index contributed by atoms with van der Waals surface area (Å²) in [6.07, 6.45) is 0.816. The van der Waals surface area contributed by atoms with Crippen LogP contribution >= 0.6 is 23.5 Å². The van der Waals surface area contributed by atoms with Crippen molar-refractivity contribution in [2.75, 3.05) is 18.1 Å². The fraction of sp³-hybridized carbons (Fsp3) is 0.233. The number of carbonyl (C=O) groups is 5. The van der Waals surface area contributed by atoms with Gasteiger partial charge in [0.15, 0.2) is 18.1 Å². The maximum Gasteiger partial charge on any atom is 0.352 e. The average Bonchev–Trinajstić information content (AvgIpc) is 3.52. The van der Waals surface area contributed by atoms with Crippen molar-refractivity contribution < 1.29 is 53.6 Å². The molecular weight excluding hydrogens is 715 g/mol. The van der Waals surface area contributed by atoms with E-state index in [1.54, 1.807) is 7.05 Å². The second-order valence-corrected chi connectivity index (χ2v) is 13.0. The van der Waals surface area contributed by atoms with Crippen LogP contribution < -0.4 is 20.8 Å². The second-order valence-electron chi connectivity index (χ2n) is 11.0. The fourth-order valence-electron chi connectivity index (χ4n) is 5.25. The number of benzene rings is 2. The lowest BCUT2D eigenvalue weighted by Crippen LogP contribution is -2.71. The number of hydrogen-bond acceptors (Lipinski definition) is 15. The molecule has 19 nitrogen and oxygen atoms in total. The van der Waals surface area contributed by atoms with Crippen LogP contribution in [0.1, 0.15) is 22.0 Å². The lowest BCUT2D eigenvalue weighted by molar-refractivity contribution is -0.151. The van der Waals surface area contributed by atoms with Gasteiger partial charge in [0.2, 0.25) is 16.5 Å². The van der Waals surface area contributed by atoms with Crippen molar-refractivity contribution in [2.45, 2.75) is 22.6 Å². The summed E-state index contributed by atoms with van der Waals surface area (Å²) in [6.45, 7) is -0.644. The number of fused-ring (bicyclic) bond motifs is 2. The van der Waals surface area contributed by atoms with Gasteiger partial charge in [-0.25, -0.2) is 14.3 Å². The molecule has 21 heteroatoms. The van der Waals surface area contributed by atoms with Crippen molar-refractivity contribution in [3.8, 4) is 17.2 Å². The molecule has 2 aromatic heterocycles. The molecule has 0 aliphatic carbocycles. The van der Waals surface area contributed by atoms with E-state index in [4.69, 9.17) is 14.3 Å². The standard InChI is InChI=1S/C30H25N7O12S2/c1-36-30(33-34-35-36)51-11-13-10-50-28-22(27(45)37(28)23(13)29(46)47)32-26(44)21(12-2-4-14(5-3-12)48-9-20(40)41)31-25(43)16-8-49-19-7-18(39)17(38)6-15(19)24(16)42/h2-8,21-22,28,38-39H,9-11H2,1H3,(H,31,43)(H,32,44)(H,40,41)(H,46,47)/t21?,22-,28-/m1/s1. The van der Waals surface area contributed by atoms with Crippen molar-refractivity contribution in [1.82, 2.24) is 35.7 Å². The minimum absolute atomic E-state index is 0.127. The van der Waals surface area contributed by atoms with E-state index in [0.717, 1.165) is 23.3 Å². The van der Waals surface area contributed by atoms with Crippen LogP contribution in [0.15, 0.2) is 68.3 Å². The zero-order valence-corrected chi connectivity index (χ0v) is 27.6. The van der Waals surface area contributed by atoms with Gasteiger partial charge in [-0.2, -0.15) is 0 Å². The second kappa shape index (κ2) is 14.0. The molecule has 1 unspecified atom stereocenters. The third-order valence-corrected chi connectivity index (χ3v) is 10.2. The average molecular weight is 740 g/mol. The molecule has 3 amide bonds. The van der Waals surface area contributed by atoms with Crippen LogP contribution in [-0.2, 0) is 26.2 Å². The van der Waals surface area contributed by atoms with Crippen LogP contribution in [0.3, 0.4) is 0 Å². The highest BCUT2D eigenvalue weighted by Crippen LogP contribution is 2.41. The Kier molecular flexibility index (Phi) is 9.56. The van der Waals surface area contributed by atoms with Crippen molar-refractivity contribution in [3.05, 3.63) is 75.3 Å². The molecule has 4 heterocycles. The molecule has 4 aromatic rings. The summed E-state index contributed by atoms with van der Waals surface area (Å²) in [5.41, 5.74) is -1.21. The number of β-lactam (4-membered cyclic amide) rings is 1. The maximum atomic E-state index is 13.8. The first-order chi connectivity index (χ1) is 24.3. The van der Waals surface area contributed by atoms with Crippen molar-refractivity contribution in [3.63, 3.8) is 0 Å². The van der Waals surface area contributed by atoms with E-state index in [9.17, 15) is 44.1 Å². The Hall–Kier alpha value is -6.09. The molecule has 0 bridgehead atoms. The topological polar surface area (TPSA) is 277 Å². The minimum atomic E-state index is -1.55. The van der Waals surface area contributed by atoms with Gasteiger partial charge in [-0.1, -0.05) is 23.9 Å². The number of thioether (sulfide) groups is 2. The number of carboxylic acid groups (broad SMARTS) is 2. The van der Waals surface area contributed by atoms with E-state index in [1.807, 2.05) is 0 Å². The molecule has 2 aliphatic rings. The summed E-state index contributed by atoms with van der Waals surface area (Å²) in [5, 5.41) is 54.1. The highest BCUT2D eigenvalue weighted by molar-refractivity contribution is 8.01. The number of hydrogen-bond donors (Lipinski definition) is 6. The SMILES string of the molecule is Cn1nnnc1SCC1=C(C(=O)O)N2C(=O)[C@@H](NC(=O)C(NC(=O)c3coc4cc(O)c(O)cc4c3=O)c3ccc(OCC(=O)O)cc3)[C@H]2SC1. The predicted molar refractivity (Wildman–Crippen MR) is 175 cm³/mol. The van der Waals surface area contributed by atoms with Crippen LogP contribution in [0.2, 0.25) is 0 Å².